The molecule has 1 aliphatic heterocycles. The van der Waals surface area contributed by atoms with Gasteiger partial charge < -0.3 is 14.6 Å². The van der Waals surface area contributed by atoms with Crippen LogP contribution in [0.15, 0.2) is 30.5 Å². The van der Waals surface area contributed by atoms with E-state index >= 15 is 0 Å². The Hall–Kier alpha value is -2.34. The fraction of sp³-hybridized carbons (Fsp3) is 0.500. The second-order valence-electron chi connectivity index (χ2n) is 7.73. The highest BCUT2D eigenvalue weighted by Crippen LogP contribution is 2.19. The van der Waals surface area contributed by atoms with Gasteiger partial charge in [-0.1, -0.05) is 18.2 Å². The number of ketones is 1. The van der Waals surface area contributed by atoms with E-state index in [4.69, 9.17) is 4.74 Å². The van der Waals surface area contributed by atoms with Gasteiger partial charge in [-0.3, -0.25) is 9.69 Å². The number of piperazine rings is 1. The minimum absolute atomic E-state index is 0.150. The Morgan fingerprint density at radius 1 is 1.12 bits per heavy atom. The molecule has 0 bridgehead atoms. The number of benzene rings is 1. The minimum atomic E-state index is -0.472. The summed E-state index contributed by atoms with van der Waals surface area (Å²) in [6, 6.07) is 7.85. The van der Waals surface area contributed by atoms with E-state index in [1.54, 1.807) is 11.1 Å². The monoisotopic (exact) mass is 357 g/mol. The zero-order valence-electron chi connectivity index (χ0n) is 15.7. The van der Waals surface area contributed by atoms with E-state index in [1.807, 2.05) is 45.0 Å². The van der Waals surface area contributed by atoms with Gasteiger partial charge in [0.1, 0.15) is 5.60 Å². The molecule has 26 heavy (non-hydrogen) atoms. The van der Waals surface area contributed by atoms with Crippen molar-refractivity contribution in [3.63, 3.8) is 0 Å². The summed E-state index contributed by atoms with van der Waals surface area (Å²) in [7, 11) is 0. The molecule has 140 valence electrons. The normalized spacial score (nSPS) is 16.0. The van der Waals surface area contributed by atoms with E-state index in [0.717, 1.165) is 29.6 Å². The van der Waals surface area contributed by atoms with Crippen molar-refractivity contribution in [3.05, 3.63) is 36.0 Å². The lowest BCUT2D eigenvalue weighted by atomic mass is 10.1. The van der Waals surface area contributed by atoms with Crippen LogP contribution in [0.1, 0.15) is 37.6 Å². The lowest BCUT2D eigenvalue weighted by Crippen LogP contribution is -2.50. The fourth-order valence-electron chi connectivity index (χ4n) is 3.18. The topological polar surface area (TPSA) is 65.6 Å². The number of hydrogen-bond acceptors (Lipinski definition) is 4. The molecule has 3 rings (SSSR count). The molecule has 6 nitrogen and oxygen atoms in total. The molecule has 0 unspecified atom stereocenters. The van der Waals surface area contributed by atoms with E-state index < -0.39 is 5.60 Å². The predicted molar refractivity (Wildman–Crippen MR) is 101 cm³/mol. The summed E-state index contributed by atoms with van der Waals surface area (Å²) in [6.45, 7) is 9.13. The number of nitrogens with one attached hydrogen (secondary N) is 1. The molecule has 0 aliphatic carbocycles. The van der Waals surface area contributed by atoms with Crippen LogP contribution in [0.5, 0.6) is 0 Å². The number of hydrogen-bond donors (Lipinski definition) is 1. The van der Waals surface area contributed by atoms with Crippen molar-refractivity contribution in [1.29, 1.82) is 0 Å². The molecular formula is C20H27N3O3. The molecule has 1 aromatic heterocycles. The number of para-hydroxylation sites is 1. The number of fused-ring (bicyclic) bond motifs is 1. The summed E-state index contributed by atoms with van der Waals surface area (Å²) < 4.78 is 5.41. The van der Waals surface area contributed by atoms with Gasteiger partial charge in [-0.05, 0) is 26.8 Å². The number of rotatable bonds is 4. The third kappa shape index (κ3) is 4.43. The number of carbonyl (C=O) groups excluding carboxylic acids is 2. The first-order chi connectivity index (χ1) is 12.3. The summed E-state index contributed by atoms with van der Waals surface area (Å²) in [6.07, 6.45) is 2.02. The fourth-order valence-corrected chi connectivity index (χ4v) is 3.18. The number of ether oxygens (including phenoxy) is 1. The zero-order valence-corrected chi connectivity index (χ0v) is 15.7. The van der Waals surface area contributed by atoms with Gasteiger partial charge in [-0.25, -0.2) is 4.79 Å². The van der Waals surface area contributed by atoms with Gasteiger partial charge in [-0.15, -0.1) is 0 Å². The Kier molecular flexibility index (Phi) is 5.32. The van der Waals surface area contributed by atoms with Crippen LogP contribution in [0.2, 0.25) is 0 Å². The maximum atomic E-state index is 12.6. The highest BCUT2D eigenvalue weighted by atomic mass is 16.6. The van der Waals surface area contributed by atoms with Gasteiger partial charge in [0.15, 0.2) is 5.78 Å². The lowest BCUT2D eigenvalue weighted by molar-refractivity contribution is 0.0144. The molecule has 1 aromatic carbocycles. The minimum Gasteiger partial charge on any atom is -0.444 e. The molecule has 1 amide bonds. The van der Waals surface area contributed by atoms with Crippen LogP contribution in [0.3, 0.4) is 0 Å². The molecular weight excluding hydrogens is 330 g/mol. The molecule has 1 fully saturated rings. The second kappa shape index (κ2) is 7.50. The average molecular weight is 357 g/mol. The molecule has 0 atom stereocenters. The van der Waals surface area contributed by atoms with E-state index in [9.17, 15) is 9.59 Å². The molecule has 0 radical (unpaired) electrons. The van der Waals surface area contributed by atoms with Crippen LogP contribution in [0.4, 0.5) is 4.79 Å². The first-order valence-corrected chi connectivity index (χ1v) is 9.13. The predicted octanol–water partition coefficient (Wildman–Crippen LogP) is 3.29. The highest BCUT2D eigenvalue weighted by molar-refractivity contribution is 6.07. The molecule has 1 N–H and O–H groups in total. The molecule has 1 saturated heterocycles. The van der Waals surface area contributed by atoms with Crippen LogP contribution in [0.25, 0.3) is 10.9 Å². The molecule has 6 heteroatoms. The molecule has 0 saturated carbocycles. The second-order valence-corrected chi connectivity index (χ2v) is 7.73. The van der Waals surface area contributed by atoms with Gasteiger partial charge in [-0.2, -0.15) is 0 Å². The molecule has 2 heterocycles. The first-order valence-electron chi connectivity index (χ1n) is 9.13. The van der Waals surface area contributed by atoms with Crippen molar-refractivity contribution in [2.75, 3.05) is 32.7 Å². The Morgan fingerprint density at radius 2 is 1.81 bits per heavy atom. The Morgan fingerprint density at radius 3 is 2.50 bits per heavy atom. The van der Waals surface area contributed by atoms with Crippen LogP contribution < -0.4 is 0 Å². The van der Waals surface area contributed by atoms with Crippen molar-refractivity contribution in [3.8, 4) is 0 Å². The summed E-state index contributed by atoms with van der Waals surface area (Å²) in [5.74, 6) is 0.150. The van der Waals surface area contributed by atoms with Crippen LogP contribution in [0, 0.1) is 0 Å². The maximum absolute atomic E-state index is 12.6. The van der Waals surface area contributed by atoms with Crippen LogP contribution >= 0.6 is 0 Å². The number of Topliss-reactive ketones (excluding diaryl/α,β-unsaturated/α-hetero) is 1. The molecule has 2 aromatic rings. The smallest absolute Gasteiger partial charge is 0.410 e. The Bertz CT molecular complexity index is 783. The summed E-state index contributed by atoms with van der Waals surface area (Å²) in [5.41, 5.74) is 1.27. The largest absolute Gasteiger partial charge is 0.444 e. The Balaban J connectivity index is 1.48. The zero-order chi connectivity index (χ0) is 18.7. The number of carbonyl (C=O) groups is 2. The van der Waals surface area contributed by atoms with Gasteiger partial charge in [0.2, 0.25) is 0 Å². The third-order valence-electron chi connectivity index (χ3n) is 4.57. The quantitative estimate of drug-likeness (QED) is 0.853. The van der Waals surface area contributed by atoms with E-state index in [1.165, 1.54) is 0 Å². The number of aromatic amines is 1. The van der Waals surface area contributed by atoms with E-state index in [-0.39, 0.29) is 11.9 Å². The van der Waals surface area contributed by atoms with Crippen molar-refractivity contribution in [1.82, 2.24) is 14.8 Å². The summed E-state index contributed by atoms with van der Waals surface area (Å²) in [5, 5.41) is 0.979. The SMILES string of the molecule is CC(C)(C)OC(=O)N1CCN(CCC(=O)c2c[nH]c3ccccc23)CC1. The van der Waals surface area contributed by atoms with Gasteiger partial charge in [0.25, 0.3) is 0 Å². The van der Waals surface area contributed by atoms with Gasteiger partial charge in [0.05, 0.1) is 0 Å². The van der Waals surface area contributed by atoms with Crippen molar-refractivity contribution in [2.45, 2.75) is 32.8 Å². The first kappa shape index (κ1) is 18.5. The number of aromatic nitrogens is 1. The Labute approximate surface area is 154 Å². The standard InChI is InChI=1S/C20H27N3O3/c1-20(2,3)26-19(25)23-12-10-22(11-13-23)9-8-18(24)16-14-21-17-7-5-4-6-15(16)17/h4-7,14,21H,8-13H2,1-3H3. The van der Waals surface area contributed by atoms with E-state index in [0.29, 0.717) is 26.1 Å². The van der Waals surface area contributed by atoms with Crippen LogP contribution in [-0.2, 0) is 4.74 Å². The number of nitrogens with zero attached hydrogens (tertiary/aromatic N) is 2. The summed E-state index contributed by atoms with van der Waals surface area (Å²) >= 11 is 0. The highest BCUT2D eigenvalue weighted by Gasteiger charge is 2.26. The summed E-state index contributed by atoms with van der Waals surface area (Å²) in [4.78, 5) is 31.8. The maximum Gasteiger partial charge on any atom is 0.410 e. The van der Waals surface area contributed by atoms with Crippen molar-refractivity contribution < 1.29 is 14.3 Å². The van der Waals surface area contributed by atoms with Crippen LogP contribution in [-0.4, -0.2) is 65.0 Å². The average Bonchev–Trinajstić information content (AvgIpc) is 3.03. The number of H-pyrrole nitrogens is 1. The molecule has 0 spiro atoms. The number of amides is 1. The van der Waals surface area contributed by atoms with Crippen molar-refractivity contribution in [2.24, 2.45) is 0 Å². The van der Waals surface area contributed by atoms with Gasteiger partial charge in [0, 0.05) is 61.8 Å². The third-order valence-corrected chi connectivity index (χ3v) is 4.57. The lowest BCUT2D eigenvalue weighted by Gasteiger charge is -2.35. The molecule has 1 aliphatic rings. The van der Waals surface area contributed by atoms with Crippen molar-refractivity contribution >= 4 is 22.8 Å². The van der Waals surface area contributed by atoms with Gasteiger partial charge >= 0.3 is 6.09 Å². The van der Waals surface area contributed by atoms with E-state index in [2.05, 4.69) is 9.88 Å².